The molecule has 1 N–H and O–H groups in total. The normalized spacial score (nSPS) is 22.6. The number of aliphatic carboxylic acids is 1. The van der Waals surface area contributed by atoms with Gasteiger partial charge in [-0.15, -0.1) is 0 Å². The molecule has 0 radical (unpaired) electrons. The SMILES string of the molecule is CC1CCCN(C(=O)c2cc(F)ccc2Br)C1C(=O)O. The number of amides is 1. The van der Waals surface area contributed by atoms with Crippen molar-refractivity contribution in [2.24, 2.45) is 5.92 Å². The molecular formula is C14H15BrFNO3. The van der Waals surface area contributed by atoms with E-state index >= 15 is 0 Å². The quantitative estimate of drug-likeness (QED) is 0.898. The Morgan fingerprint density at radius 1 is 1.45 bits per heavy atom. The zero-order chi connectivity index (χ0) is 14.9. The average Bonchev–Trinajstić information content (AvgIpc) is 2.40. The summed E-state index contributed by atoms with van der Waals surface area (Å²) < 4.78 is 13.8. The van der Waals surface area contributed by atoms with E-state index in [1.54, 1.807) is 0 Å². The lowest BCUT2D eigenvalue weighted by Crippen LogP contribution is -2.52. The second-order valence-corrected chi connectivity index (χ2v) is 5.88. The van der Waals surface area contributed by atoms with Gasteiger partial charge in [0, 0.05) is 11.0 Å². The van der Waals surface area contributed by atoms with Crippen LogP contribution in [0.4, 0.5) is 4.39 Å². The summed E-state index contributed by atoms with van der Waals surface area (Å²) in [5.41, 5.74) is 0.158. The molecule has 4 nitrogen and oxygen atoms in total. The lowest BCUT2D eigenvalue weighted by molar-refractivity contribution is -0.145. The molecular weight excluding hydrogens is 329 g/mol. The molecule has 0 spiro atoms. The molecule has 0 aliphatic carbocycles. The van der Waals surface area contributed by atoms with Crippen molar-refractivity contribution < 1.29 is 19.1 Å². The third kappa shape index (κ3) is 2.85. The van der Waals surface area contributed by atoms with Gasteiger partial charge in [-0.05, 0) is 52.9 Å². The summed E-state index contributed by atoms with van der Waals surface area (Å²) in [6.07, 6.45) is 1.52. The summed E-state index contributed by atoms with van der Waals surface area (Å²) >= 11 is 3.21. The lowest BCUT2D eigenvalue weighted by Gasteiger charge is -2.37. The largest absolute Gasteiger partial charge is 0.480 e. The van der Waals surface area contributed by atoms with Gasteiger partial charge in [-0.3, -0.25) is 4.79 Å². The van der Waals surface area contributed by atoms with E-state index in [9.17, 15) is 19.1 Å². The van der Waals surface area contributed by atoms with E-state index in [1.165, 1.54) is 17.0 Å². The molecule has 1 fully saturated rings. The van der Waals surface area contributed by atoms with Gasteiger partial charge in [0.15, 0.2) is 0 Å². The Hall–Kier alpha value is -1.43. The number of carboxylic acids is 1. The molecule has 1 aliphatic heterocycles. The zero-order valence-electron chi connectivity index (χ0n) is 11.0. The van der Waals surface area contributed by atoms with Crippen LogP contribution in [-0.2, 0) is 4.79 Å². The first-order valence-corrected chi connectivity index (χ1v) is 7.20. The van der Waals surface area contributed by atoms with Crippen LogP contribution in [0.1, 0.15) is 30.1 Å². The van der Waals surface area contributed by atoms with Gasteiger partial charge in [-0.1, -0.05) is 6.92 Å². The van der Waals surface area contributed by atoms with Crippen molar-refractivity contribution in [2.45, 2.75) is 25.8 Å². The van der Waals surface area contributed by atoms with Crippen LogP contribution >= 0.6 is 15.9 Å². The number of nitrogens with zero attached hydrogens (tertiary/aromatic N) is 1. The van der Waals surface area contributed by atoms with E-state index in [0.29, 0.717) is 11.0 Å². The molecule has 0 saturated carbocycles. The van der Waals surface area contributed by atoms with Crippen molar-refractivity contribution in [1.29, 1.82) is 0 Å². The van der Waals surface area contributed by atoms with Gasteiger partial charge in [0.1, 0.15) is 11.9 Å². The minimum atomic E-state index is -1.02. The van der Waals surface area contributed by atoms with Gasteiger partial charge < -0.3 is 10.0 Å². The van der Waals surface area contributed by atoms with E-state index in [-0.39, 0.29) is 11.5 Å². The summed E-state index contributed by atoms with van der Waals surface area (Å²) in [6, 6.07) is 2.97. The third-order valence-corrected chi connectivity index (χ3v) is 4.30. The molecule has 1 aliphatic rings. The number of hydrogen-bond donors (Lipinski definition) is 1. The van der Waals surface area contributed by atoms with Gasteiger partial charge in [0.2, 0.25) is 0 Å². The first-order valence-electron chi connectivity index (χ1n) is 6.40. The maximum absolute atomic E-state index is 13.3. The smallest absolute Gasteiger partial charge is 0.326 e. The maximum Gasteiger partial charge on any atom is 0.326 e. The molecule has 1 amide bonds. The van der Waals surface area contributed by atoms with Crippen LogP contribution in [0.15, 0.2) is 22.7 Å². The van der Waals surface area contributed by atoms with Gasteiger partial charge in [0.05, 0.1) is 5.56 Å². The summed E-state index contributed by atoms with van der Waals surface area (Å²) in [5, 5.41) is 9.32. The Bertz CT molecular complexity index is 549. The molecule has 6 heteroatoms. The highest BCUT2D eigenvalue weighted by Crippen LogP contribution is 2.27. The molecule has 1 aromatic rings. The molecule has 0 bridgehead atoms. The number of halogens is 2. The number of hydrogen-bond acceptors (Lipinski definition) is 2. The molecule has 20 heavy (non-hydrogen) atoms. The summed E-state index contributed by atoms with van der Waals surface area (Å²) in [4.78, 5) is 25.2. The van der Waals surface area contributed by atoms with Crippen LogP contribution in [0.25, 0.3) is 0 Å². The van der Waals surface area contributed by atoms with E-state index in [2.05, 4.69) is 15.9 Å². The first-order chi connectivity index (χ1) is 9.41. The number of carbonyl (C=O) groups is 2. The summed E-state index contributed by atoms with van der Waals surface area (Å²) in [5.74, 6) is -2.10. The van der Waals surface area contributed by atoms with Crippen molar-refractivity contribution in [3.8, 4) is 0 Å². The molecule has 1 heterocycles. The van der Waals surface area contributed by atoms with Crippen LogP contribution in [0, 0.1) is 11.7 Å². The number of likely N-dealkylation sites (tertiary alicyclic amines) is 1. The Balaban J connectivity index is 2.35. The minimum absolute atomic E-state index is 0.113. The molecule has 1 saturated heterocycles. The zero-order valence-corrected chi connectivity index (χ0v) is 12.6. The fraction of sp³-hybridized carbons (Fsp3) is 0.429. The van der Waals surface area contributed by atoms with E-state index < -0.39 is 23.7 Å². The number of piperidine rings is 1. The topological polar surface area (TPSA) is 57.6 Å². The minimum Gasteiger partial charge on any atom is -0.480 e. The Morgan fingerprint density at radius 3 is 2.80 bits per heavy atom. The lowest BCUT2D eigenvalue weighted by atomic mass is 9.90. The summed E-state index contributed by atoms with van der Waals surface area (Å²) in [7, 11) is 0. The van der Waals surface area contributed by atoms with Crippen molar-refractivity contribution in [3.63, 3.8) is 0 Å². The van der Waals surface area contributed by atoms with Crippen molar-refractivity contribution >= 4 is 27.8 Å². The fourth-order valence-corrected chi connectivity index (χ4v) is 3.02. The molecule has 0 aromatic heterocycles. The van der Waals surface area contributed by atoms with E-state index in [4.69, 9.17) is 0 Å². The highest BCUT2D eigenvalue weighted by atomic mass is 79.9. The van der Waals surface area contributed by atoms with Gasteiger partial charge >= 0.3 is 5.97 Å². The van der Waals surface area contributed by atoms with Crippen LogP contribution in [0.5, 0.6) is 0 Å². The first kappa shape index (κ1) is 15.0. The standard InChI is InChI=1S/C14H15BrFNO3/c1-8-3-2-6-17(12(8)14(19)20)13(18)10-7-9(16)4-5-11(10)15/h4-5,7-8,12H,2-3,6H2,1H3,(H,19,20). The monoisotopic (exact) mass is 343 g/mol. The van der Waals surface area contributed by atoms with Crippen LogP contribution in [-0.4, -0.2) is 34.5 Å². The Labute approximate surface area is 124 Å². The molecule has 2 atom stereocenters. The van der Waals surface area contributed by atoms with E-state index in [0.717, 1.165) is 18.9 Å². The number of rotatable bonds is 2. The van der Waals surface area contributed by atoms with Crippen LogP contribution in [0.3, 0.4) is 0 Å². The summed E-state index contributed by atoms with van der Waals surface area (Å²) in [6.45, 7) is 2.20. The molecule has 2 rings (SSSR count). The Morgan fingerprint density at radius 2 is 2.15 bits per heavy atom. The second kappa shape index (κ2) is 5.91. The number of carboxylic acid groups (broad SMARTS) is 1. The predicted molar refractivity (Wildman–Crippen MR) is 75.0 cm³/mol. The van der Waals surface area contributed by atoms with Gasteiger partial charge in [-0.2, -0.15) is 0 Å². The van der Waals surface area contributed by atoms with Gasteiger partial charge in [-0.25, -0.2) is 9.18 Å². The third-order valence-electron chi connectivity index (χ3n) is 3.61. The van der Waals surface area contributed by atoms with Crippen molar-refractivity contribution in [1.82, 2.24) is 4.90 Å². The number of benzene rings is 1. The van der Waals surface area contributed by atoms with Crippen molar-refractivity contribution in [2.75, 3.05) is 6.54 Å². The van der Waals surface area contributed by atoms with E-state index in [1.807, 2.05) is 6.92 Å². The predicted octanol–water partition coefficient (Wildman–Crippen LogP) is 2.91. The Kier molecular flexibility index (Phi) is 4.42. The molecule has 2 unspecified atom stereocenters. The van der Waals surface area contributed by atoms with Crippen LogP contribution in [0.2, 0.25) is 0 Å². The van der Waals surface area contributed by atoms with Crippen LogP contribution < -0.4 is 0 Å². The van der Waals surface area contributed by atoms with Crippen molar-refractivity contribution in [3.05, 3.63) is 34.1 Å². The van der Waals surface area contributed by atoms with Gasteiger partial charge in [0.25, 0.3) is 5.91 Å². The highest BCUT2D eigenvalue weighted by Gasteiger charge is 2.37. The second-order valence-electron chi connectivity index (χ2n) is 5.03. The average molecular weight is 344 g/mol. The molecule has 1 aromatic carbocycles. The number of carbonyl (C=O) groups excluding carboxylic acids is 1. The molecule has 108 valence electrons. The maximum atomic E-state index is 13.3. The highest BCUT2D eigenvalue weighted by molar-refractivity contribution is 9.10. The fourth-order valence-electron chi connectivity index (χ4n) is 2.61.